The number of carboxylic acids is 1. The van der Waals surface area contributed by atoms with Gasteiger partial charge in [-0.25, -0.2) is 19.3 Å². The van der Waals surface area contributed by atoms with Crippen molar-refractivity contribution in [2.45, 2.75) is 51.6 Å². The molecule has 0 fully saturated rings. The van der Waals surface area contributed by atoms with E-state index in [2.05, 4.69) is 46.4 Å². The topological polar surface area (TPSA) is 143 Å². The Morgan fingerprint density at radius 3 is 2.12 bits per heavy atom. The highest BCUT2D eigenvalue weighted by atomic mass is 32.1. The predicted molar refractivity (Wildman–Crippen MR) is 180 cm³/mol. The Kier molecular flexibility index (Phi) is 10.2. The highest BCUT2D eigenvalue weighted by Gasteiger charge is 2.26. The molecule has 0 bridgehead atoms. The molecule has 0 aliphatic heterocycles. The van der Waals surface area contributed by atoms with Crippen LogP contribution in [-0.2, 0) is 21.4 Å². The Hall–Kier alpha value is -5.49. The number of amides is 2. The van der Waals surface area contributed by atoms with Gasteiger partial charge in [-0.05, 0) is 48.2 Å². The number of carbonyl (C=O) groups is 3. The van der Waals surface area contributed by atoms with E-state index in [1.807, 2.05) is 18.2 Å². The molecule has 0 aliphatic rings. The van der Waals surface area contributed by atoms with Crippen LogP contribution in [0, 0.1) is 5.82 Å². The number of ether oxygens (including phenoxy) is 1. The van der Waals surface area contributed by atoms with E-state index < -0.39 is 35.7 Å². The third-order valence-corrected chi connectivity index (χ3v) is 8.85. The number of aromatic nitrogens is 3. The maximum absolute atomic E-state index is 13.9. The molecule has 0 saturated carbocycles. The van der Waals surface area contributed by atoms with E-state index in [1.165, 1.54) is 30.4 Å². The molecule has 2 unspecified atom stereocenters. The van der Waals surface area contributed by atoms with Crippen molar-refractivity contribution in [3.63, 3.8) is 0 Å². The fraction of sp³-hybridized carbons (Fsp3) is 0.222. The number of nitrogens with one attached hydrogen (secondary N) is 2. The second-order valence-electron chi connectivity index (χ2n) is 12.1. The maximum Gasteiger partial charge on any atom is 0.325 e. The molecular formula is C36H34FN5O5S. The van der Waals surface area contributed by atoms with Crippen molar-refractivity contribution in [2.75, 3.05) is 0 Å². The zero-order valence-electron chi connectivity index (χ0n) is 26.7. The van der Waals surface area contributed by atoms with Crippen LogP contribution in [0.3, 0.4) is 0 Å². The number of pyridine rings is 1. The number of benzene rings is 2. The van der Waals surface area contributed by atoms with E-state index >= 15 is 0 Å². The Bertz CT molecular complexity index is 1910. The van der Waals surface area contributed by atoms with Gasteiger partial charge >= 0.3 is 5.97 Å². The van der Waals surface area contributed by atoms with Gasteiger partial charge in [0.25, 0.3) is 5.91 Å². The minimum Gasteiger partial charge on any atom is -0.480 e. The van der Waals surface area contributed by atoms with Gasteiger partial charge in [0.1, 0.15) is 12.1 Å². The van der Waals surface area contributed by atoms with Gasteiger partial charge in [0.15, 0.2) is 17.4 Å². The van der Waals surface area contributed by atoms with E-state index in [-0.39, 0.29) is 23.5 Å². The Morgan fingerprint density at radius 1 is 0.854 bits per heavy atom. The van der Waals surface area contributed by atoms with Crippen molar-refractivity contribution in [3.05, 3.63) is 113 Å². The first-order chi connectivity index (χ1) is 22.9. The van der Waals surface area contributed by atoms with Crippen molar-refractivity contribution in [2.24, 2.45) is 0 Å². The fourth-order valence-corrected chi connectivity index (χ4v) is 5.55. The van der Waals surface area contributed by atoms with Gasteiger partial charge in [-0.2, -0.15) is 0 Å². The van der Waals surface area contributed by atoms with E-state index in [9.17, 15) is 23.9 Å². The fourth-order valence-electron chi connectivity index (χ4n) is 4.58. The number of thiophene rings is 1. The average Bonchev–Trinajstić information content (AvgIpc) is 3.58. The summed E-state index contributed by atoms with van der Waals surface area (Å²) in [6.07, 6.45) is 5.05. The summed E-state index contributed by atoms with van der Waals surface area (Å²) >= 11 is 1.35. The van der Waals surface area contributed by atoms with Crippen LogP contribution in [0.1, 0.15) is 47.8 Å². The number of carbonyl (C=O) groups excluding carboxylic acids is 2. The van der Waals surface area contributed by atoms with Gasteiger partial charge in [-0.15, -0.1) is 11.3 Å². The molecule has 0 aliphatic carbocycles. The van der Waals surface area contributed by atoms with Crippen molar-refractivity contribution in [1.82, 2.24) is 25.6 Å². The molecule has 5 aromatic rings. The summed E-state index contributed by atoms with van der Waals surface area (Å²) in [7, 11) is 0. The van der Waals surface area contributed by atoms with Gasteiger partial charge < -0.3 is 20.5 Å². The maximum atomic E-state index is 13.9. The van der Waals surface area contributed by atoms with Crippen LogP contribution in [0.5, 0.6) is 11.6 Å². The Balaban J connectivity index is 1.26. The van der Waals surface area contributed by atoms with Crippen LogP contribution >= 0.6 is 11.3 Å². The molecule has 12 heteroatoms. The predicted octanol–water partition coefficient (Wildman–Crippen LogP) is 6.43. The number of nitrogens with zero attached hydrogens (tertiary/aromatic N) is 3. The summed E-state index contributed by atoms with van der Waals surface area (Å²) in [4.78, 5) is 52.4. The third kappa shape index (κ3) is 8.45. The molecular weight excluding hydrogens is 633 g/mol. The second-order valence-corrected chi connectivity index (χ2v) is 13.2. The Morgan fingerprint density at radius 2 is 1.52 bits per heavy atom. The SMILES string of the molecule is CC(NC(=O)C(Cc1ccc(-c2ncc(-c3ccc(Oc4ccccc4F)nc3)cn2)cc1)NC(=O)c1ccc(C(C)(C)C)s1)C(=O)O. The van der Waals surface area contributed by atoms with Crippen molar-refractivity contribution < 1.29 is 28.6 Å². The lowest BCUT2D eigenvalue weighted by molar-refractivity contribution is -0.141. The number of para-hydroxylation sites is 1. The lowest BCUT2D eigenvalue weighted by Crippen LogP contribution is -2.51. The van der Waals surface area contributed by atoms with Crippen molar-refractivity contribution in [3.8, 4) is 34.1 Å². The molecule has 3 heterocycles. The lowest BCUT2D eigenvalue weighted by Gasteiger charge is -2.20. The zero-order chi connectivity index (χ0) is 34.4. The summed E-state index contributed by atoms with van der Waals surface area (Å²) in [5.74, 6) is -1.87. The number of rotatable bonds is 11. The van der Waals surface area contributed by atoms with Crippen LogP contribution in [-0.4, -0.2) is 49.9 Å². The van der Waals surface area contributed by atoms with Crippen molar-refractivity contribution in [1.29, 1.82) is 0 Å². The molecule has 2 amide bonds. The minimum absolute atomic E-state index is 0.0841. The van der Waals surface area contributed by atoms with E-state index in [4.69, 9.17) is 4.74 Å². The first kappa shape index (κ1) is 33.9. The van der Waals surface area contributed by atoms with E-state index in [0.717, 1.165) is 27.1 Å². The largest absolute Gasteiger partial charge is 0.480 e. The standard InChI is InChI=1S/C36H34FN5O5S/c1-21(35(45)46)41-33(43)27(42-34(44)29-14-15-30(48-29)36(2,3)4)17-22-9-11-23(12-10-22)32-39-19-25(20-40-32)24-13-16-31(38-18-24)47-28-8-6-5-7-26(28)37/h5-16,18-21,27H,17H2,1-4H3,(H,41,43)(H,42,44)(H,45,46). The average molecular weight is 668 g/mol. The molecule has 246 valence electrons. The summed E-state index contributed by atoms with van der Waals surface area (Å²) in [5, 5.41) is 14.5. The van der Waals surface area contributed by atoms with Crippen LogP contribution in [0.15, 0.2) is 91.4 Å². The van der Waals surface area contributed by atoms with Crippen LogP contribution in [0.25, 0.3) is 22.5 Å². The zero-order valence-corrected chi connectivity index (χ0v) is 27.5. The first-order valence-corrected chi connectivity index (χ1v) is 15.9. The highest BCUT2D eigenvalue weighted by molar-refractivity contribution is 7.14. The molecule has 5 rings (SSSR count). The number of halogens is 1. The molecule has 3 N–H and O–H groups in total. The molecule has 0 spiro atoms. The van der Waals surface area contributed by atoms with Crippen molar-refractivity contribution >= 4 is 29.1 Å². The molecule has 48 heavy (non-hydrogen) atoms. The monoisotopic (exact) mass is 667 g/mol. The number of hydrogen-bond acceptors (Lipinski definition) is 8. The third-order valence-electron chi connectivity index (χ3n) is 7.34. The molecule has 2 atom stereocenters. The minimum atomic E-state index is -1.18. The molecule has 0 radical (unpaired) electrons. The lowest BCUT2D eigenvalue weighted by atomic mass is 9.95. The van der Waals surface area contributed by atoms with Crippen LogP contribution < -0.4 is 15.4 Å². The van der Waals surface area contributed by atoms with Crippen LogP contribution in [0.4, 0.5) is 4.39 Å². The normalized spacial score (nSPS) is 12.5. The number of hydrogen-bond donors (Lipinski definition) is 3. The smallest absolute Gasteiger partial charge is 0.325 e. The summed E-state index contributed by atoms with van der Waals surface area (Å²) in [6.45, 7) is 7.52. The van der Waals surface area contributed by atoms with Gasteiger partial charge in [0, 0.05) is 52.6 Å². The first-order valence-electron chi connectivity index (χ1n) is 15.1. The molecule has 10 nitrogen and oxygen atoms in total. The molecule has 3 aromatic heterocycles. The van der Waals surface area contributed by atoms with Gasteiger partial charge in [0.05, 0.1) is 4.88 Å². The molecule has 2 aromatic carbocycles. The number of aliphatic carboxylic acids is 1. The molecule has 0 saturated heterocycles. The van der Waals surface area contributed by atoms with Gasteiger partial charge in [-0.1, -0.05) is 57.2 Å². The number of carboxylic acid groups (broad SMARTS) is 1. The van der Waals surface area contributed by atoms with E-state index in [1.54, 1.807) is 61.1 Å². The summed E-state index contributed by atoms with van der Waals surface area (Å²) < 4.78 is 19.4. The van der Waals surface area contributed by atoms with Gasteiger partial charge in [0.2, 0.25) is 11.8 Å². The van der Waals surface area contributed by atoms with Gasteiger partial charge in [-0.3, -0.25) is 14.4 Å². The quantitative estimate of drug-likeness (QED) is 0.146. The second kappa shape index (κ2) is 14.5. The highest BCUT2D eigenvalue weighted by Crippen LogP contribution is 2.30. The summed E-state index contributed by atoms with van der Waals surface area (Å²) in [6, 6.07) is 18.2. The van der Waals surface area contributed by atoms with E-state index in [0.29, 0.717) is 10.7 Å². The Labute approximate surface area is 281 Å². The summed E-state index contributed by atoms with van der Waals surface area (Å²) in [5.41, 5.74) is 2.81. The van der Waals surface area contributed by atoms with Crippen LogP contribution in [0.2, 0.25) is 0 Å².